The van der Waals surface area contributed by atoms with Gasteiger partial charge in [-0.15, -0.1) is 0 Å². The van der Waals surface area contributed by atoms with Crippen LogP contribution < -0.4 is 0 Å². The molecular weight excluding hydrogens is 275 g/mol. The molecule has 0 fully saturated rings. The first-order valence-corrected chi connectivity index (χ1v) is 7.36. The van der Waals surface area contributed by atoms with E-state index in [4.69, 9.17) is 4.99 Å². The third kappa shape index (κ3) is 4.02. The van der Waals surface area contributed by atoms with Gasteiger partial charge in [0, 0.05) is 11.1 Å². The van der Waals surface area contributed by atoms with Gasteiger partial charge in [0.15, 0.2) is 0 Å². The molecule has 112 valence electrons. The molecule has 1 atom stereocenters. The van der Waals surface area contributed by atoms with E-state index in [0.29, 0.717) is 12.8 Å². The van der Waals surface area contributed by atoms with E-state index in [9.17, 15) is 9.65 Å². The largest absolute Gasteiger partial charge is 0.263 e. The van der Waals surface area contributed by atoms with Crippen molar-refractivity contribution in [3.05, 3.63) is 71.8 Å². The predicted octanol–water partition coefficient (Wildman–Crippen LogP) is 4.56. The maximum absolute atomic E-state index is 12.5. The molecule has 2 nitrogen and oxygen atoms in total. The first kappa shape index (κ1) is 15.9. The van der Waals surface area contributed by atoms with Gasteiger partial charge in [-0.2, -0.15) is 5.26 Å². The van der Waals surface area contributed by atoms with Crippen molar-refractivity contribution >= 4 is 5.71 Å². The van der Waals surface area contributed by atoms with E-state index in [1.54, 1.807) is 6.92 Å². The summed E-state index contributed by atoms with van der Waals surface area (Å²) >= 11 is 0. The van der Waals surface area contributed by atoms with Crippen molar-refractivity contribution in [2.24, 2.45) is 4.99 Å². The number of alkyl halides is 1. The quantitative estimate of drug-likeness (QED) is 0.720. The van der Waals surface area contributed by atoms with Crippen molar-refractivity contribution < 1.29 is 4.39 Å². The molecule has 0 aliphatic heterocycles. The highest BCUT2D eigenvalue weighted by Crippen LogP contribution is 2.21. The lowest BCUT2D eigenvalue weighted by atomic mass is 9.96. The van der Waals surface area contributed by atoms with Gasteiger partial charge in [0.1, 0.15) is 5.54 Å². The zero-order chi connectivity index (χ0) is 15.8. The molecule has 0 aromatic heterocycles. The highest BCUT2D eigenvalue weighted by molar-refractivity contribution is 6.13. The summed E-state index contributed by atoms with van der Waals surface area (Å²) in [4.78, 5) is 4.69. The lowest BCUT2D eigenvalue weighted by Gasteiger charge is -2.19. The van der Waals surface area contributed by atoms with Crippen LogP contribution in [0.2, 0.25) is 0 Å². The summed E-state index contributed by atoms with van der Waals surface area (Å²) in [7, 11) is 0. The Morgan fingerprint density at radius 1 is 1.05 bits per heavy atom. The molecule has 0 saturated carbocycles. The molecular formula is C19H19FN2. The molecule has 3 heteroatoms. The van der Waals surface area contributed by atoms with Crippen molar-refractivity contribution in [2.75, 3.05) is 6.67 Å². The van der Waals surface area contributed by atoms with Gasteiger partial charge in [-0.1, -0.05) is 60.7 Å². The molecule has 0 bridgehead atoms. The van der Waals surface area contributed by atoms with Crippen LogP contribution in [0.1, 0.15) is 30.9 Å². The highest BCUT2D eigenvalue weighted by Gasteiger charge is 2.24. The van der Waals surface area contributed by atoms with Gasteiger partial charge in [0.25, 0.3) is 0 Å². The summed E-state index contributed by atoms with van der Waals surface area (Å²) in [5, 5.41) is 9.48. The minimum Gasteiger partial charge on any atom is -0.263 e. The van der Waals surface area contributed by atoms with E-state index >= 15 is 0 Å². The van der Waals surface area contributed by atoms with Crippen LogP contribution in [0.5, 0.6) is 0 Å². The van der Waals surface area contributed by atoms with Crippen molar-refractivity contribution in [3.8, 4) is 6.07 Å². The third-order valence-electron chi connectivity index (χ3n) is 3.49. The zero-order valence-electron chi connectivity index (χ0n) is 12.7. The van der Waals surface area contributed by atoms with Gasteiger partial charge < -0.3 is 0 Å². The fraction of sp³-hybridized carbons (Fsp3) is 0.263. The van der Waals surface area contributed by atoms with E-state index < -0.39 is 12.2 Å². The molecule has 0 saturated heterocycles. The zero-order valence-corrected chi connectivity index (χ0v) is 12.7. The fourth-order valence-corrected chi connectivity index (χ4v) is 2.28. The van der Waals surface area contributed by atoms with E-state index in [1.807, 2.05) is 60.7 Å². The summed E-state index contributed by atoms with van der Waals surface area (Å²) in [6, 6.07) is 21.8. The number of nitriles is 1. The number of rotatable bonds is 6. The Labute approximate surface area is 130 Å². The number of halogens is 1. The Hall–Kier alpha value is -2.47. The van der Waals surface area contributed by atoms with Crippen LogP contribution in [-0.4, -0.2) is 17.9 Å². The number of benzene rings is 2. The molecule has 2 rings (SSSR count). The molecule has 22 heavy (non-hydrogen) atoms. The van der Waals surface area contributed by atoms with Gasteiger partial charge in [-0.25, -0.2) is 0 Å². The second-order valence-electron chi connectivity index (χ2n) is 5.37. The van der Waals surface area contributed by atoms with Crippen LogP contribution in [-0.2, 0) is 0 Å². The van der Waals surface area contributed by atoms with Crippen molar-refractivity contribution in [1.82, 2.24) is 0 Å². The van der Waals surface area contributed by atoms with Gasteiger partial charge in [-0.05, 0) is 19.8 Å². The van der Waals surface area contributed by atoms with Crippen LogP contribution in [0, 0.1) is 11.3 Å². The normalized spacial score (nSPS) is 13.0. The summed E-state index contributed by atoms with van der Waals surface area (Å²) in [6.45, 7) is 1.33. The first-order valence-electron chi connectivity index (χ1n) is 7.36. The van der Waals surface area contributed by atoms with Gasteiger partial charge >= 0.3 is 0 Å². The highest BCUT2D eigenvalue weighted by atomic mass is 19.1. The molecule has 0 N–H and O–H groups in total. The number of aliphatic imine (C=N–C) groups is 1. The van der Waals surface area contributed by atoms with Gasteiger partial charge in [0.05, 0.1) is 18.5 Å². The number of nitrogens with zero attached hydrogens (tertiary/aromatic N) is 2. The maximum atomic E-state index is 12.5. The standard InChI is InChI=1S/C19H19FN2/c1-19(15-21,13-8-14-20)22-18(16-9-4-2-5-10-16)17-11-6-3-7-12-17/h2-7,9-12H,8,13-14H2,1H3. The molecule has 2 aromatic carbocycles. The Morgan fingerprint density at radius 2 is 1.55 bits per heavy atom. The van der Waals surface area contributed by atoms with E-state index in [-0.39, 0.29) is 0 Å². The van der Waals surface area contributed by atoms with Crippen LogP contribution in [0.25, 0.3) is 0 Å². The monoisotopic (exact) mass is 294 g/mol. The molecule has 1 unspecified atom stereocenters. The third-order valence-corrected chi connectivity index (χ3v) is 3.49. The Kier molecular flexibility index (Phi) is 5.43. The van der Waals surface area contributed by atoms with Gasteiger partial charge in [-0.3, -0.25) is 9.38 Å². The maximum Gasteiger partial charge on any atom is 0.144 e. The summed E-state index contributed by atoms with van der Waals surface area (Å²) in [6.07, 6.45) is 0.744. The molecule has 0 aliphatic carbocycles. The SMILES string of the molecule is CC(C#N)(CCCF)N=C(c1ccccc1)c1ccccc1. The van der Waals surface area contributed by atoms with Crippen molar-refractivity contribution in [3.63, 3.8) is 0 Å². The second-order valence-corrected chi connectivity index (χ2v) is 5.37. The topological polar surface area (TPSA) is 36.1 Å². The summed E-state index contributed by atoms with van der Waals surface area (Å²) in [5.41, 5.74) is 1.75. The molecule has 0 aliphatic rings. The Bertz CT molecular complexity index is 617. The molecule has 2 aromatic rings. The fourth-order valence-electron chi connectivity index (χ4n) is 2.28. The first-order chi connectivity index (χ1) is 10.7. The lowest BCUT2D eigenvalue weighted by Crippen LogP contribution is -2.23. The molecule has 0 radical (unpaired) electrons. The van der Waals surface area contributed by atoms with Crippen molar-refractivity contribution in [1.29, 1.82) is 5.26 Å². The summed E-state index contributed by atoms with van der Waals surface area (Å²) < 4.78 is 12.5. The molecule has 0 spiro atoms. The Balaban J connectivity index is 2.49. The van der Waals surface area contributed by atoms with Gasteiger partial charge in [0.2, 0.25) is 0 Å². The minimum atomic E-state index is -0.924. The lowest BCUT2D eigenvalue weighted by molar-refractivity contribution is 0.422. The smallest absolute Gasteiger partial charge is 0.144 e. The minimum absolute atomic E-state index is 0.338. The average molecular weight is 294 g/mol. The van der Waals surface area contributed by atoms with Crippen LogP contribution >= 0.6 is 0 Å². The average Bonchev–Trinajstić information content (AvgIpc) is 2.59. The molecule has 0 amide bonds. The number of hydrogen-bond acceptors (Lipinski definition) is 2. The van der Waals surface area contributed by atoms with E-state index in [2.05, 4.69) is 6.07 Å². The number of hydrogen-bond donors (Lipinski definition) is 0. The second kappa shape index (κ2) is 7.51. The van der Waals surface area contributed by atoms with Crippen LogP contribution in [0.3, 0.4) is 0 Å². The molecule has 0 heterocycles. The summed E-state index contributed by atoms with van der Waals surface area (Å²) in [5.74, 6) is 0. The van der Waals surface area contributed by atoms with E-state index in [0.717, 1.165) is 16.8 Å². The van der Waals surface area contributed by atoms with E-state index in [1.165, 1.54) is 0 Å². The Morgan fingerprint density at radius 3 is 1.95 bits per heavy atom. The van der Waals surface area contributed by atoms with Crippen LogP contribution in [0.15, 0.2) is 65.7 Å². The van der Waals surface area contributed by atoms with Crippen LogP contribution in [0.4, 0.5) is 4.39 Å². The predicted molar refractivity (Wildman–Crippen MR) is 87.8 cm³/mol. The van der Waals surface area contributed by atoms with Crippen molar-refractivity contribution in [2.45, 2.75) is 25.3 Å².